The van der Waals surface area contributed by atoms with Crippen molar-refractivity contribution >= 4 is 11.9 Å². The fourth-order valence-corrected chi connectivity index (χ4v) is 1.02. The molecule has 0 saturated carbocycles. The summed E-state index contributed by atoms with van der Waals surface area (Å²) in [6, 6.07) is 5.45. The van der Waals surface area contributed by atoms with E-state index >= 15 is 0 Å². The van der Waals surface area contributed by atoms with Crippen molar-refractivity contribution in [3.05, 3.63) is 34.4 Å². The molecule has 0 spiro atoms. The first kappa shape index (κ1) is 7.87. The van der Waals surface area contributed by atoms with Gasteiger partial charge in [0.15, 0.2) is 5.75 Å². The minimum Gasteiger partial charge on any atom is -0.290 e. The van der Waals surface area contributed by atoms with E-state index in [1.165, 1.54) is 24.3 Å². The van der Waals surface area contributed by atoms with Crippen LogP contribution in [0, 0.1) is 10.1 Å². The molecule has 1 radical (unpaired) electrons. The van der Waals surface area contributed by atoms with Crippen LogP contribution in [-0.4, -0.2) is 4.33 Å². The summed E-state index contributed by atoms with van der Waals surface area (Å²) in [5.74, 6) is -0.141. The number of nitro groups is 1. The van der Waals surface area contributed by atoms with E-state index in [0.29, 0.717) is 16.8 Å². The van der Waals surface area contributed by atoms with Gasteiger partial charge in [-0.3, -0.25) is 15.2 Å². The zero-order chi connectivity index (χ0) is 8.27. The molecule has 0 bridgehead atoms. The van der Waals surface area contributed by atoms with Crippen molar-refractivity contribution in [1.82, 2.24) is 0 Å². The molecule has 0 aliphatic heterocycles. The number of benzene rings is 1. The number of rotatable bonds is 2. The zero-order valence-electron chi connectivity index (χ0n) is 5.39. The van der Waals surface area contributed by atoms with Crippen LogP contribution >= 0.6 is 11.9 Å². The van der Waals surface area contributed by atoms with Crippen LogP contribution in [-0.2, 0) is 5.11 Å². The molecular weight excluding hydrogens is 166 g/mol. The Hall–Kier alpha value is -1.23. The molecule has 0 aromatic heterocycles. The summed E-state index contributed by atoms with van der Waals surface area (Å²) in [7, 11) is 0. The van der Waals surface area contributed by atoms with E-state index in [2.05, 4.69) is 0 Å². The lowest BCUT2D eigenvalue weighted by atomic mass is 10.3. The van der Waals surface area contributed by atoms with Gasteiger partial charge in [-0.25, -0.2) is 0 Å². The van der Waals surface area contributed by atoms with Crippen molar-refractivity contribution in [2.75, 3.05) is 0 Å². The van der Waals surface area contributed by atoms with Gasteiger partial charge in [-0.1, -0.05) is 0 Å². The second kappa shape index (κ2) is 3.25. The van der Waals surface area contributed by atoms with Crippen LogP contribution in [0.4, 0.5) is 0 Å². The van der Waals surface area contributed by atoms with Crippen molar-refractivity contribution in [2.24, 2.45) is 0 Å². The summed E-state index contributed by atoms with van der Waals surface area (Å²) in [5.41, 5.74) is 0. The Kier molecular flexibility index (Phi) is 2.32. The minimum absolute atomic E-state index is 0.141. The Morgan fingerprint density at radius 2 is 1.82 bits per heavy atom. The maximum Gasteiger partial charge on any atom is 0.265 e. The van der Waals surface area contributed by atoms with Gasteiger partial charge in [-0.05, 0) is 24.3 Å². The molecule has 0 fully saturated rings. The Labute approximate surface area is 67.1 Å². The molecule has 0 atom stereocenters. The second-order valence-corrected chi connectivity index (χ2v) is 2.74. The Morgan fingerprint density at radius 3 is 2.27 bits per heavy atom. The summed E-state index contributed by atoms with van der Waals surface area (Å²) in [5, 5.41) is 20.5. The summed E-state index contributed by atoms with van der Waals surface area (Å²) < 4.78 is -0.514. The molecule has 1 aromatic carbocycles. The van der Waals surface area contributed by atoms with Crippen LogP contribution < -0.4 is 0 Å². The average Bonchev–Trinajstić information content (AvgIpc) is 1.93. The van der Waals surface area contributed by atoms with Crippen molar-refractivity contribution in [3.63, 3.8) is 0 Å². The summed E-state index contributed by atoms with van der Waals surface area (Å²) >= 11 is 0.490. The van der Waals surface area contributed by atoms with Gasteiger partial charge >= 0.3 is 0 Å². The van der Waals surface area contributed by atoms with Crippen molar-refractivity contribution in [2.45, 2.75) is 4.90 Å². The number of nitrogens with zero attached hydrogens (tertiary/aromatic N) is 1. The van der Waals surface area contributed by atoms with Gasteiger partial charge in [-0.15, -0.1) is 0 Å². The average molecular weight is 170 g/mol. The molecule has 1 aromatic rings. The molecule has 0 saturated heterocycles. The number of hydrogen-bond donors (Lipinski definition) is 0. The predicted octanol–water partition coefficient (Wildman–Crippen LogP) is 2.11. The fourth-order valence-electron chi connectivity index (χ4n) is 0.587. The van der Waals surface area contributed by atoms with Gasteiger partial charge in [0.2, 0.25) is 0 Å². The number of hydrogen-bond acceptors (Lipinski definition) is 3. The molecule has 1 rings (SSSR count). The molecule has 11 heavy (non-hydrogen) atoms. The highest BCUT2D eigenvalue weighted by Crippen LogP contribution is 2.20. The summed E-state index contributed by atoms with van der Waals surface area (Å²) in [4.78, 5) is 10.4. The van der Waals surface area contributed by atoms with Crippen LogP contribution in [0.2, 0.25) is 0 Å². The monoisotopic (exact) mass is 170 g/mol. The molecular formula is C6H4NO3S. The first-order chi connectivity index (χ1) is 5.18. The van der Waals surface area contributed by atoms with Crippen LogP contribution in [0.15, 0.2) is 29.2 Å². The van der Waals surface area contributed by atoms with E-state index in [0.717, 1.165) is 0 Å². The largest absolute Gasteiger partial charge is 0.290 e. The van der Waals surface area contributed by atoms with E-state index in [4.69, 9.17) is 0 Å². The van der Waals surface area contributed by atoms with Crippen LogP contribution in [0.25, 0.3) is 0 Å². The third-order valence-electron chi connectivity index (χ3n) is 1.00. The molecule has 0 aliphatic rings. The topological polar surface area (TPSA) is 63.0 Å². The molecule has 0 amide bonds. The van der Waals surface area contributed by atoms with Gasteiger partial charge in [0.1, 0.15) is 4.33 Å². The second-order valence-electron chi connectivity index (χ2n) is 1.79. The maximum atomic E-state index is 10.5. The summed E-state index contributed by atoms with van der Waals surface area (Å²) in [6.45, 7) is 0. The van der Waals surface area contributed by atoms with E-state index in [9.17, 15) is 15.2 Å². The lowest BCUT2D eigenvalue weighted by molar-refractivity contribution is -0.284. The molecule has 0 unspecified atom stereocenters. The SMILES string of the molecule is [O]c1ccc(S[N+](=O)[O-])cc1. The predicted molar refractivity (Wildman–Crippen MR) is 39.4 cm³/mol. The standard InChI is InChI=1S/C6H4NO3S/c8-5-1-3-6(4-2-5)11-7(9)10/h1-4H. The molecule has 5 heteroatoms. The van der Waals surface area contributed by atoms with Crippen molar-refractivity contribution in [3.8, 4) is 5.75 Å². The lowest BCUT2D eigenvalue weighted by Gasteiger charge is -1.89. The third kappa shape index (κ3) is 2.46. The molecule has 0 N–H and O–H groups in total. The highest BCUT2D eigenvalue weighted by Gasteiger charge is 2.03. The van der Waals surface area contributed by atoms with Gasteiger partial charge in [0.25, 0.3) is 11.9 Å². The molecule has 57 valence electrons. The van der Waals surface area contributed by atoms with Gasteiger partial charge in [0, 0.05) is 0 Å². The Balaban J connectivity index is 2.74. The highest BCUT2D eigenvalue weighted by molar-refractivity contribution is 7.93. The van der Waals surface area contributed by atoms with E-state index in [1.807, 2.05) is 0 Å². The van der Waals surface area contributed by atoms with Gasteiger partial charge < -0.3 is 0 Å². The highest BCUT2D eigenvalue weighted by atomic mass is 32.2. The quantitative estimate of drug-likeness (QED) is 0.388. The van der Waals surface area contributed by atoms with Crippen LogP contribution in [0.5, 0.6) is 5.75 Å². The Morgan fingerprint density at radius 1 is 1.27 bits per heavy atom. The lowest BCUT2D eigenvalue weighted by Crippen LogP contribution is -1.81. The fraction of sp³-hybridized carbons (Fsp3) is 0. The normalized spacial score (nSPS) is 9.45. The smallest absolute Gasteiger partial charge is 0.265 e. The summed E-state index contributed by atoms with van der Waals surface area (Å²) in [6.07, 6.45) is 0. The van der Waals surface area contributed by atoms with E-state index < -0.39 is 4.33 Å². The van der Waals surface area contributed by atoms with E-state index in [1.54, 1.807) is 0 Å². The van der Waals surface area contributed by atoms with E-state index in [-0.39, 0.29) is 5.75 Å². The van der Waals surface area contributed by atoms with Crippen LogP contribution in [0.3, 0.4) is 0 Å². The molecule has 0 heterocycles. The minimum atomic E-state index is -0.514. The zero-order valence-corrected chi connectivity index (χ0v) is 6.21. The van der Waals surface area contributed by atoms with Gasteiger partial charge in [-0.2, -0.15) is 0 Å². The van der Waals surface area contributed by atoms with Gasteiger partial charge in [0.05, 0.1) is 4.90 Å². The molecule has 4 nitrogen and oxygen atoms in total. The van der Waals surface area contributed by atoms with Crippen molar-refractivity contribution in [1.29, 1.82) is 0 Å². The van der Waals surface area contributed by atoms with Crippen molar-refractivity contribution < 1.29 is 9.44 Å². The first-order valence-electron chi connectivity index (χ1n) is 2.78. The first-order valence-corrected chi connectivity index (χ1v) is 3.55. The molecule has 0 aliphatic carbocycles. The third-order valence-corrected chi connectivity index (χ3v) is 1.64. The van der Waals surface area contributed by atoms with Crippen LogP contribution in [0.1, 0.15) is 0 Å². The maximum absolute atomic E-state index is 10.5. The Bertz CT molecular complexity index is 259.